The van der Waals surface area contributed by atoms with Crippen LogP contribution in [0.3, 0.4) is 0 Å². The molecule has 2 atom stereocenters. The number of phenols is 1. The predicted octanol–water partition coefficient (Wildman–Crippen LogP) is 3.83. The number of phenolic OH excluding ortho intramolecular Hbond substituents is 1. The van der Waals surface area contributed by atoms with Crippen LogP contribution in [0.1, 0.15) is 62.6 Å². The second-order valence-electron chi connectivity index (χ2n) is 8.00. The number of aromatic hydroxyl groups is 1. The first-order valence-electron chi connectivity index (χ1n) is 10.4. The normalized spacial score (nSPS) is 20.3. The van der Waals surface area contributed by atoms with Gasteiger partial charge in [-0.3, -0.25) is 0 Å². The van der Waals surface area contributed by atoms with Gasteiger partial charge in [-0.05, 0) is 73.9 Å². The van der Waals surface area contributed by atoms with E-state index in [0.29, 0.717) is 30.6 Å². The van der Waals surface area contributed by atoms with Crippen LogP contribution in [0.15, 0.2) is 28.9 Å². The first-order chi connectivity index (χ1) is 13.6. The number of benzene rings is 1. The first-order valence-corrected chi connectivity index (χ1v) is 12.1. The van der Waals surface area contributed by atoms with Crippen LogP contribution in [0.5, 0.6) is 5.75 Å². The number of sulfone groups is 1. The SMILES string of the molecule is CCC/C(=C\c1cc(C)c(O)c(C)c1)CC[C@@H](O)C1=C(CC)CS(=O)(=O)[C@H]1CO. The quantitative estimate of drug-likeness (QED) is 0.526. The van der Waals surface area contributed by atoms with E-state index in [9.17, 15) is 23.7 Å². The lowest BCUT2D eigenvalue weighted by Crippen LogP contribution is -2.29. The van der Waals surface area contributed by atoms with Gasteiger partial charge >= 0.3 is 0 Å². The van der Waals surface area contributed by atoms with Gasteiger partial charge in [0, 0.05) is 0 Å². The third-order valence-corrected chi connectivity index (χ3v) is 7.73. The number of hydrogen-bond acceptors (Lipinski definition) is 5. The number of rotatable bonds is 9. The van der Waals surface area contributed by atoms with Gasteiger partial charge in [-0.1, -0.05) is 37.5 Å². The average molecular weight is 423 g/mol. The van der Waals surface area contributed by atoms with Gasteiger partial charge < -0.3 is 15.3 Å². The number of aliphatic hydroxyl groups excluding tert-OH is 2. The fourth-order valence-corrected chi connectivity index (χ4v) is 6.19. The molecule has 0 saturated carbocycles. The molecule has 0 radical (unpaired) electrons. The minimum atomic E-state index is -3.43. The van der Waals surface area contributed by atoms with E-state index in [-0.39, 0.29) is 5.75 Å². The number of aliphatic hydroxyl groups is 2. The zero-order valence-electron chi connectivity index (χ0n) is 17.9. The van der Waals surface area contributed by atoms with E-state index in [4.69, 9.17) is 0 Å². The summed E-state index contributed by atoms with van der Waals surface area (Å²) in [5.74, 6) is 0.247. The third-order valence-electron chi connectivity index (χ3n) is 5.71. The van der Waals surface area contributed by atoms with Crippen molar-refractivity contribution in [3.63, 3.8) is 0 Å². The fourth-order valence-electron chi connectivity index (χ4n) is 4.19. The molecular formula is C23H34O5S. The van der Waals surface area contributed by atoms with E-state index in [0.717, 1.165) is 35.1 Å². The highest BCUT2D eigenvalue weighted by atomic mass is 32.2. The molecule has 0 spiro atoms. The van der Waals surface area contributed by atoms with Gasteiger partial charge in [-0.15, -0.1) is 0 Å². The van der Waals surface area contributed by atoms with E-state index in [1.54, 1.807) is 0 Å². The van der Waals surface area contributed by atoms with Crippen molar-refractivity contribution in [1.29, 1.82) is 0 Å². The monoisotopic (exact) mass is 422 g/mol. The summed E-state index contributed by atoms with van der Waals surface area (Å²) < 4.78 is 24.6. The molecule has 162 valence electrons. The summed E-state index contributed by atoms with van der Waals surface area (Å²) in [6.07, 6.45) is 4.70. The lowest BCUT2D eigenvalue weighted by Gasteiger charge is -2.19. The largest absolute Gasteiger partial charge is 0.507 e. The van der Waals surface area contributed by atoms with Crippen molar-refractivity contribution in [2.24, 2.45) is 0 Å². The Labute approximate surface area is 174 Å². The summed E-state index contributed by atoms with van der Waals surface area (Å²) in [5, 5.41) is 29.4. The average Bonchev–Trinajstić information content (AvgIpc) is 2.93. The maximum absolute atomic E-state index is 12.3. The number of aryl methyl sites for hydroxylation is 2. The van der Waals surface area contributed by atoms with Crippen molar-refractivity contribution < 1.29 is 23.7 Å². The molecule has 2 rings (SSSR count). The van der Waals surface area contributed by atoms with Gasteiger partial charge in [-0.2, -0.15) is 0 Å². The lowest BCUT2D eigenvalue weighted by molar-refractivity contribution is 0.188. The van der Waals surface area contributed by atoms with Crippen molar-refractivity contribution in [3.05, 3.63) is 45.5 Å². The second-order valence-corrected chi connectivity index (χ2v) is 10.2. The van der Waals surface area contributed by atoms with Gasteiger partial charge in [0.25, 0.3) is 0 Å². The van der Waals surface area contributed by atoms with Crippen LogP contribution in [0.2, 0.25) is 0 Å². The van der Waals surface area contributed by atoms with E-state index in [2.05, 4.69) is 13.0 Å². The fraction of sp³-hybridized carbons (Fsp3) is 0.565. The molecule has 0 aliphatic carbocycles. The molecule has 0 fully saturated rings. The Bertz CT molecular complexity index is 873. The molecule has 6 heteroatoms. The zero-order chi connectivity index (χ0) is 21.8. The minimum Gasteiger partial charge on any atom is -0.507 e. The molecule has 1 aliphatic rings. The summed E-state index contributed by atoms with van der Waals surface area (Å²) in [6, 6.07) is 3.88. The Morgan fingerprint density at radius 1 is 1.21 bits per heavy atom. The Morgan fingerprint density at radius 2 is 1.83 bits per heavy atom. The third kappa shape index (κ3) is 5.50. The van der Waals surface area contributed by atoms with Crippen molar-refractivity contribution >= 4 is 15.9 Å². The van der Waals surface area contributed by atoms with Crippen molar-refractivity contribution in [3.8, 4) is 5.75 Å². The van der Waals surface area contributed by atoms with E-state index >= 15 is 0 Å². The van der Waals surface area contributed by atoms with Gasteiger partial charge in [0.2, 0.25) is 0 Å². The highest BCUT2D eigenvalue weighted by Gasteiger charge is 2.40. The van der Waals surface area contributed by atoms with Crippen LogP contribution < -0.4 is 0 Å². The highest BCUT2D eigenvalue weighted by molar-refractivity contribution is 7.92. The molecule has 1 heterocycles. The number of allylic oxidation sites excluding steroid dienone is 1. The summed E-state index contributed by atoms with van der Waals surface area (Å²) in [4.78, 5) is 0. The van der Waals surface area contributed by atoms with Crippen LogP contribution in [0.4, 0.5) is 0 Å². The minimum absolute atomic E-state index is 0.0646. The van der Waals surface area contributed by atoms with Crippen molar-refractivity contribution in [2.45, 2.75) is 71.2 Å². The summed E-state index contributed by atoms with van der Waals surface area (Å²) >= 11 is 0. The first kappa shape index (κ1) is 23.6. The summed E-state index contributed by atoms with van der Waals surface area (Å²) in [6.45, 7) is 7.24. The Hall–Kier alpha value is -1.63. The number of hydrogen-bond donors (Lipinski definition) is 3. The van der Waals surface area contributed by atoms with Crippen LogP contribution in [0.25, 0.3) is 6.08 Å². The molecule has 0 amide bonds. The van der Waals surface area contributed by atoms with E-state index in [1.807, 2.05) is 32.9 Å². The molecule has 3 N–H and O–H groups in total. The Balaban J connectivity index is 2.22. The molecule has 0 saturated heterocycles. The van der Waals surface area contributed by atoms with Crippen molar-refractivity contribution in [2.75, 3.05) is 12.4 Å². The van der Waals surface area contributed by atoms with Crippen LogP contribution >= 0.6 is 0 Å². The molecule has 0 unspecified atom stereocenters. The molecule has 1 aromatic rings. The Morgan fingerprint density at radius 3 is 2.34 bits per heavy atom. The molecule has 1 aliphatic heterocycles. The molecule has 0 bridgehead atoms. The van der Waals surface area contributed by atoms with Gasteiger partial charge in [0.1, 0.15) is 11.0 Å². The van der Waals surface area contributed by atoms with E-state index in [1.165, 1.54) is 5.57 Å². The smallest absolute Gasteiger partial charge is 0.163 e. The second kappa shape index (κ2) is 9.92. The highest BCUT2D eigenvalue weighted by Crippen LogP contribution is 2.34. The zero-order valence-corrected chi connectivity index (χ0v) is 18.7. The molecule has 1 aromatic carbocycles. The maximum Gasteiger partial charge on any atom is 0.163 e. The molecule has 29 heavy (non-hydrogen) atoms. The maximum atomic E-state index is 12.3. The van der Waals surface area contributed by atoms with Gasteiger partial charge in [0.15, 0.2) is 9.84 Å². The van der Waals surface area contributed by atoms with Crippen molar-refractivity contribution in [1.82, 2.24) is 0 Å². The molecule has 0 aromatic heterocycles. The van der Waals surface area contributed by atoms with Crippen LogP contribution in [0, 0.1) is 13.8 Å². The van der Waals surface area contributed by atoms with Crippen LogP contribution in [-0.2, 0) is 9.84 Å². The summed E-state index contributed by atoms with van der Waals surface area (Å²) in [5.41, 5.74) is 5.08. The molecular weight excluding hydrogens is 388 g/mol. The standard InChI is InChI=1S/C23H34O5S/c1-5-7-17(12-18-10-15(3)23(26)16(4)11-18)8-9-20(25)22-19(6-2)14-29(27,28)21(22)13-24/h10-12,20-21,24-26H,5-9,13-14H2,1-4H3/b17-12+/t20-,21+/m1/s1. The van der Waals surface area contributed by atoms with Crippen LogP contribution in [-0.4, -0.2) is 47.5 Å². The molecule has 5 nitrogen and oxygen atoms in total. The van der Waals surface area contributed by atoms with Gasteiger partial charge in [-0.25, -0.2) is 8.42 Å². The Kier molecular flexibility index (Phi) is 8.09. The summed E-state index contributed by atoms with van der Waals surface area (Å²) in [7, 11) is -3.43. The predicted molar refractivity (Wildman–Crippen MR) is 118 cm³/mol. The van der Waals surface area contributed by atoms with E-state index < -0.39 is 27.8 Å². The topological polar surface area (TPSA) is 94.8 Å². The lowest BCUT2D eigenvalue weighted by atomic mass is 9.92. The van der Waals surface area contributed by atoms with Gasteiger partial charge in [0.05, 0.1) is 18.5 Å².